The molecular formula is C12H15F2N. The summed E-state index contributed by atoms with van der Waals surface area (Å²) in [5.41, 5.74) is 0.950. The molecule has 1 aliphatic rings. The van der Waals surface area contributed by atoms with Crippen molar-refractivity contribution in [3.8, 4) is 0 Å². The maximum atomic E-state index is 13.1. The molecule has 0 unspecified atom stereocenters. The molecule has 1 nitrogen and oxygen atoms in total. The SMILES string of the molecule is CNCC1(c2ccc(F)c(F)c2)CCC1. The average Bonchev–Trinajstić information content (AvgIpc) is 2.16. The summed E-state index contributed by atoms with van der Waals surface area (Å²) in [7, 11) is 1.89. The molecule has 1 saturated carbocycles. The summed E-state index contributed by atoms with van der Waals surface area (Å²) in [5.74, 6) is -1.51. The fourth-order valence-corrected chi connectivity index (χ4v) is 2.34. The molecule has 0 amide bonds. The highest BCUT2D eigenvalue weighted by Gasteiger charge is 2.38. The highest BCUT2D eigenvalue weighted by atomic mass is 19.2. The van der Waals surface area contributed by atoms with Crippen molar-refractivity contribution in [3.05, 3.63) is 35.4 Å². The second kappa shape index (κ2) is 3.89. The molecule has 0 heterocycles. The van der Waals surface area contributed by atoms with E-state index in [2.05, 4.69) is 5.32 Å². The van der Waals surface area contributed by atoms with E-state index in [1.54, 1.807) is 6.07 Å². The monoisotopic (exact) mass is 211 g/mol. The van der Waals surface area contributed by atoms with Crippen molar-refractivity contribution >= 4 is 0 Å². The Labute approximate surface area is 88.5 Å². The third-order valence-corrected chi connectivity index (χ3v) is 3.36. The fourth-order valence-electron chi connectivity index (χ4n) is 2.34. The molecular weight excluding hydrogens is 196 g/mol. The Kier molecular flexibility index (Phi) is 2.74. The van der Waals surface area contributed by atoms with Crippen LogP contribution in [0.25, 0.3) is 0 Å². The zero-order valence-corrected chi connectivity index (χ0v) is 8.82. The van der Waals surface area contributed by atoms with Gasteiger partial charge in [0.05, 0.1) is 0 Å². The van der Waals surface area contributed by atoms with Crippen LogP contribution in [-0.4, -0.2) is 13.6 Å². The molecule has 0 aliphatic heterocycles. The minimum absolute atomic E-state index is 0.0310. The Morgan fingerprint density at radius 3 is 2.47 bits per heavy atom. The average molecular weight is 211 g/mol. The molecule has 0 radical (unpaired) electrons. The van der Waals surface area contributed by atoms with Crippen LogP contribution in [0.4, 0.5) is 8.78 Å². The first-order valence-corrected chi connectivity index (χ1v) is 5.28. The summed E-state index contributed by atoms with van der Waals surface area (Å²) in [4.78, 5) is 0. The third-order valence-electron chi connectivity index (χ3n) is 3.36. The van der Waals surface area contributed by atoms with Gasteiger partial charge in [-0.15, -0.1) is 0 Å². The smallest absolute Gasteiger partial charge is 0.159 e. The van der Waals surface area contributed by atoms with Gasteiger partial charge >= 0.3 is 0 Å². The van der Waals surface area contributed by atoms with Crippen molar-refractivity contribution in [2.24, 2.45) is 0 Å². The van der Waals surface area contributed by atoms with Gasteiger partial charge in [-0.05, 0) is 37.6 Å². The van der Waals surface area contributed by atoms with E-state index in [9.17, 15) is 8.78 Å². The van der Waals surface area contributed by atoms with Gasteiger partial charge in [-0.1, -0.05) is 12.5 Å². The van der Waals surface area contributed by atoms with E-state index in [4.69, 9.17) is 0 Å². The summed E-state index contributed by atoms with van der Waals surface area (Å²) >= 11 is 0. The van der Waals surface area contributed by atoms with Crippen LogP contribution < -0.4 is 5.32 Å². The second-order valence-corrected chi connectivity index (χ2v) is 4.29. The van der Waals surface area contributed by atoms with Gasteiger partial charge < -0.3 is 5.32 Å². The highest BCUT2D eigenvalue weighted by molar-refractivity contribution is 5.29. The topological polar surface area (TPSA) is 12.0 Å². The van der Waals surface area contributed by atoms with Crippen LogP contribution in [0, 0.1) is 11.6 Å². The van der Waals surface area contributed by atoms with Gasteiger partial charge in [-0.25, -0.2) is 8.78 Å². The summed E-state index contributed by atoms with van der Waals surface area (Å²) in [6, 6.07) is 4.27. The Morgan fingerprint density at radius 1 is 1.27 bits per heavy atom. The van der Waals surface area contributed by atoms with Crippen LogP contribution >= 0.6 is 0 Å². The van der Waals surface area contributed by atoms with E-state index in [1.165, 1.54) is 18.6 Å². The summed E-state index contributed by atoms with van der Waals surface area (Å²) in [6.07, 6.45) is 3.28. The van der Waals surface area contributed by atoms with Gasteiger partial charge in [-0.2, -0.15) is 0 Å². The lowest BCUT2D eigenvalue weighted by atomic mass is 9.64. The van der Waals surface area contributed by atoms with E-state index in [1.807, 2.05) is 7.05 Å². The predicted molar refractivity (Wildman–Crippen MR) is 55.8 cm³/mol. The molecule has 0 spiro atoms. The summed E-state index contributed by atoms with van der Waals surface area (Å²) in [5, 5.41) is 3.13. The molecule has 1 N–H and O–H groups in total. The molecule has 0 atom stereocenters. The second-order valence-electron chi connectivity index (χ2n) is 4.29. The number of likely N-dealkylation sites (N-methyl/N-ethyl adjacent to an activating group) is 1. The first-order chi connectivity index (χ1) is 7.18. The quantitative estimate of drug-likeness (QED) is 0.810. The Balaban J connectivity index is 2.30. The third kappa shape index (κ3) is 1.76. The van der Waals surface area contributed by atoms with Gasteiger partial charge in [0.1, 0.15) is 0 Å². The lowest BCUT2D eigenvalue weighted by Gasteiger charge is -2.42. The van der Waals surface area contributed by atoms with E-state index < -0.39 is 11.6 Å². The van der Waals surface area contributed by atoms with Crippen LogP contribution in [0.3, 0.4) is 0 Å². The number of nitrogens with one attached hydrogen (secondary N) is 1. The molecule has 1 fully saturated rings. The zero-order valence-electron chi connectivity index (χ0n) is 8.82. The Morgan fingerprint density at radius 2 is 2.00 bits per heavy atom. The molecule has 1 aromatic carbocycles. The van der Waals surface area contributed by atoms with Crippen molar-refractivity contribution in [2.75, 3.05) is 13.6 Å². The summed E-state index contributed by atoms with van der Waals surface area (Å²) in [6.45, 7) is 0.831. The lowest BCUT2D eigenvalue weighted by molar-refractivity contribution is 0.238. The number of hydrogen-bond acceptors (Lipinski definition) is 1. The molecule has 15 heavy (non-hydrogen) atoms. The molecule has 0 saturated heterocycles. The zero-order chi connectivity index (χ0) is 10.9. The van der Waals surface area contributed by atoms with Gasteiger partial charge in [0, 0.05) is 12.0 Å². The predicted octanol–water partition coefficient (Wildman–Crippen LogP) is 2.61. The van der Waals surface area contributed by atoms with E-state index in [0.717, 1.165) is 24.9 Å². The molecule has 0 aromatic heterocycles. The highest BCUT2D eigenvalue weighted by Crippen LogP contribution is 2.43. The van der Waals surface area contributed by atoms with Crippen LogP contribution in [0.2, 0.25) is 0 Å². The Bertz CT molecular complexity index is 359. The summed E-state index contributed by atoms with van der Waals surface area (Å²) < 4.78 is 25.9. The lowest BCUT2D eigenvalue weighted by Crippen LogP contribution is -2.42. The Hall–Kier alpha value is -0.960. The largest absolute Gasteiger partial charge is 0.319 e. The number of benzene rings is 1. The van der Waals surface area contributed by atoms with Gasteiger partial charge in [0.15, 0.2) is 11.6 Å². The van der Waals surface area contributed by atoms with E-state index in [-0.39, 0.29) is 5.41 Å². The normalized spacial score (nSPS) is 18.6. The fraction of sp³-hybridized carbons (Fsp3) is 0.500. The van der Waals surface area contributed by atoms with E-state index in [0.29, 0.717) is 0 Å². The van der Waals surface area contributed by atoms with Gasteiger partial charge in [-0.3, -0.25) is 0 Å². The number of rotatable bonds is 3. The van der Waals surface area contributed by atoms with Crippen molar-refractivity contribution < 1.29 is 8.78 Å². The van der Waals surface area contributed by atoms with Crippen molar-refractivity contribution in [2.45, 2.75) is 24.7 Å². The first-order valence-electron chi connectivity index (χ1n) is 5.28. The van der Waals surface area contributed by atoms with Crippen LogP contribution in [0.1, 0.15) is 24.8 Å². The molecule has 1 aliphatic carbocycles. The maximum Gasteiger partial charge on any atom is 0.159 e. The van der Waals surface area contributed by atoms with Gasteiger partial charge in [0.2, 0.25) is 0 Å². The number of hydrogen-bond donors (Lipinski definition) is 1. The molecule has 3 heteroatoms. The van der Waals surface area contributed by atoms with Crippen molar-refractivity contribution in [3.63, 3.8) is 0 Å². The first kappa shape index (κ1) is 10.6. The molecule has 0 bridgehead atoms. The van der Waals surface area contributed by atoms with Crippen molar-refractivity contribution in [1.29, 1.82) is 0 Å². The molecule has 82 valence electrons. The minimum atomic E-state index is -0.766. The minimum Gasteiger partial charge on any atom is -0.319 e. The molecule has 1 aromatic rings. The van der Waals surface area contributed by atoms with E-state index >= 15 is 0 Å². The number of halogens is 2. The van der Waals surface area contributed by atoms with Crippen LogP contribution in [0.15, 0.2) is 18.2 Å². The molecule has 2 rings (SSSR count). The van der Waals surface area contributed by atoms with Crippen molar-refractivity contribution in [1.82, 2.24) is 5.32 Å². The van der Waals surface area contributed by atoms with Gasteiger partial charge in [0.25, 0.3) is 0 Å². The standard InChI is InChI=1S/C12H15F2N/c1-15-8-12(5-2-6-12)9-3-4-10(13)11(14)7-9/h3-4,7,15H,2,5-6,8H2,1H3. The van der Waals surface area contributed by atoms with Crippen LogP contribution in [-0.2, 0) is 5.41 Å². The van der Waals surface area contributed by atoms with Crippen LogP contribution in [0.5, 0.6) is 0 Å². The maximum absolute atomic E-state index is 13.1.